The summed E-state index contributed by atoms with van der Waals surface area (Å²) in [6, 6.07) is 30.3. The van der Waals surface area contributed by atoms with E-state index in [4.69, 9.17) is 47.4 Å². The van der Waals surface area contributed by atoms with Gasteiger partial charge in [0.25, 0.3) is 5.91 Å². The smallest absolute Gasteiger partial charge is 0.407 e. The fourth-order valence-electron chi connectivity index (χ4n) is 11.0. The lowest BCUT2D eigenvalue weighted by Crippen LogP contribution is -2.67. The van der Waals surface area contributed by atoms with Crippen molar-refractivity contribution in [1.82, 2.24) is 21.3 Å². The molecule has 3 aliphatic heterocycles. The van der Waals surface area contributed by atoms with E-state index in [0.29, 0.717) is 11.1 Å². The zero-order chi connectivity index (χ0) is 62.1. The average Bonchev–Trinajstić information content (AvgIpc) is 2.06. The van der Waals surface area contributed by atoms with E-state index in [2.05, 4.69) is 21.3 Å². The Balaban J connectivity index is 1.05. The van der Waals surface area contributed by atoms with E-state index < -0.39 is 152 Å². The number of hydrogen-bond donors (Lipinski definition) is 10. The molecule has 8 rings (SSSR count). The van der Waals surface area contributed by atoms with Gasteiger partial charge in [0, 0.05) is 13.0 Å². The molecule has 25 heteroatoms. The molecule has 4 aliphatic rings. The number of alkyl carbamates (subject to hydrolysis) is 3. The molecular weight excluding hydrogens is 1140 g/mol. The molecule has 87 heavy (non-hydrogen) atoms. The van der Waals surface area contributed by atoms with E-state index in [9.17, 15) is 54.6 Å². The monoisotopic (exact) mass is 1220 g/mol. The first-order chi connectivity index (χ1) is 42.0. The lowest BCUT2D eigenvalue weighted by Gasteiger charge is -2.48. The van der Waals surface area contributed by atoms with E-state index in [1.807, 2.05) is 6.07 Å². The standard InChI is InChI=1S/C62H80N4O21/c1-5-40-47(68)49(70)44(65-61(76)79-32-36-22-14-9-15-23-36)57(82-40)85-52-34(4)30-39(64-55(73)43(81-56(74)38-26-18-11-19-27-38)28-29-63-60(75)78-31-35-20-12-8-13-21-35)46(67)54(52)87-59-51(72)53(42(7-3)84-59)86-58-45(50(71)48(69)41(6-2)83-58)66-62(77)80-33-37-24-16-10-17-25-37/h8-27,34,39-54,57-59,67-72H,5-7,28-33H2,1-4H3,(H,63,75)(H,64,73)(H,65,76)(H,66,77)/t34-,39+,40+,41-,42+,43-,44+,45+,46-,47+,48+,49+,50+,51+,52+,53+,54+,57+,58+,59-/m0/s1. The van der Waals surface area contributed by atoms with Crippen LogP contribution in [0.25, 0.3) is 0 Å². The molecule has 3 heterocycles. The normalized spacial score (nSPS) is 31.7. The van der Waals surface area contributed by atoms with E-state index in [1.54, 1.807) is 131 Å². The highest BCUT2D eigenvalue weighted by atomic mass is 16.8. The number of rotatable bonds is 24. The number of amides is 4. The van der Waals surface area contributed by atoms with Crippen LogP contribution >= 0.6 is 0 Å². The van der Waals surface area contributed by atoms with Crippen molar-refractivity contribution < 1.29 is 102 Å². The summed E-state index contributed by atoms with van der Waals surface area (Å²) < 4.78 is 60.5. The third-order valence-electron chi connectivity index (χ3n) is 15.8. The molecule has 0 bridgehead atoms. The van der Waals surface area contributed by atoms with Crippen molar-refractivity contribution in [2.24, 2.45) is 5.92 Å². The Labute approximate surface area is 503 Å². The summed E-state index contributed by atoms with van der Waals surface area (Å²) in [6.45, 7) is 6.31. The second-order valence-electron chi connectivity index (χ2n) is 21.9. The molecule has 20 atom stereocenters. The van der Waals surface area contributed by atoms with Gasteiger partial charge in [0.2, 0.25) is 0 Å². The number of benzene rings is 4. The summed E-state index contributed by atoms with van der Waals surface area (Å²) >= 11 is 0. The number of carbonyl (C=O) groups is 5. The third-order valence-corrected chi connectivity index (χ3v) is 15.8. The molecule has 0 spiro atoms. The number of hydrogen-bond acceptors (Lipinski definition) is 21. The minimum Gasteiger partial charge on any atom is -0.449 e. The Morgan fingerprint density at radius 2 is 0.920 bits per heavy atom. The molecule has 1 aliphatic carbocycles. The van der Waals surface area contributed by atoms with Crippen LogP contribution in [0.15, 0.2) is 121 Å². The van der Waals surface area contributed by atoms with Crippen LogP contribution < -0.4 is 21.3 Å². The molecule has 25 nitrogen and oxygen atoms in total. The maximum absolute atomic E-state index is 14.5. The molecule has 1 saturated carbocycles. The Bertz CT molecular complexity index is 2800. The summed E-state index contributed by atoms with van der Waals surface area (Å²) in [6.07, 6.45) is -26.0. The third kappa shape index (κ3) is 17.5. The maximum atomic E-state index is 14.5. The van der Waals surface area contributed by atoms with Crippen molar-refractivity contribution >= 4 is 30.2 Å². The van der Waals surface area contributed by atoms with Gasteiger partial charge < -0.3 is 99.3 Å². The summed E-state index contributed by atoms with van der Waals surface area (Å²) in [7, 11) is 0. The van der Waals surface area contributed by atoms with Gasteiger partial charge in [-0.15, -0.1) is 0 Å². The van der Waals surface area contributed by atoms with E-state index in [-0.39, 0.29) is 64.0 Å². The van der Waals surface area contributed by atoms with Crippen molar-refractivity contribution in [2.75, 3.05) is 6.54 Å². The first kappa shape index (κ1) is 66.1. The highest BCUT2D eigenvalue weighted by molar-refractivity contribution is 5.92. The first-order valence-electron chi connectivity index (χ1n) is 29.4. The van der Waals surface area contributed by atoms with Crippen LogP contribution in [-0.2, 0) is 72.0 Å². The molecule has 4 aromatic rings. The van der Waals surface area contributed by atoms with Gasteiger partial charge in [-0.2, -0.15) is 0 Å². The average molecular weight is 1220 g/mol. The van der Waals surface area contributed by atoms with Crippen LogP contribution in [0.2, 0.25) is 0 Å². The van der Waals surface area contributed by atoms with Crippen LogP contribution in [0.5, 0.6) is 0 Å². The molecule has 4 fully saturated rings. The van der Waals surface area contributed by atoms with E-state index >= 15 is 0 Å². The number of aliphatic hydroxyl groups is 6. The second-order valence-corrected chi connectivity index (χ2v) is 21.9. The van der Waals surface area contributed by atoms with Gasteiger partial charge in [-0.1, -0.05) is 137 Å². The van der Waals surface area contributed by atoms with Gasteiger partial charge in [0.1, 0.15) is 80.7 Å². The highest BCUT2D eigenvalue weighted by Crippen LogP contribution is 2.38. The summed E-state index contributed by atoms with van der Waals surface area (Å²) in [5.74, 6) is -2.50. The number of carbonyl (C=O) groups excluding carboxylic acids is 5. The predicted molar refractivity (Wildman–Crippen MR) is 305 cm³/mol. The lowest BCUT2D eigenvalue weighted by atomic mass is 9.79. The number of aliphatic hydroxyl groups excluding tert-OH is 6. The zero-order valence-electron chi connectivity index (χ0n) is 48.8. The summed E-state index contributed by atoms with van der Waals surface area (Å²) in [5.41, 5.74) is 2.19. The van der Waals surface area contributed by atoms with Crippen LogP contribution in [0.1, 0.15) is 86.8 Å². The largest absolute Gasteiger partial charge is 0.449 e. The van der Waals surface area contributed by atoms with E-state index in [1.165, 1.54) is 12.1 Å². The van der Waals surface area contributed by atoms with Gasteiger partial charge >= 0.3 is 24.2 Å². The van der Waals surface area contributed by atoms with Crippen LogP contribution in [0, 0.1) is 5.92 Å². The molecule has 3 saturated heterocycles. The van der Waals surface area contributed by atoms with E-state index in [0.717, 1.165) is 5.56 Å². The van der Waals surface area contributed by atoms with Gasteiger partial charge in [0.05, 0.1) is 36.0 Å². The van der Waals surface area contributed by atoms with Gasteiger partial charge in [-0.3, -0.25) is 4.79 Å². The SMILES string of the molecule is CC[C@@H]1O[C@H](O[C@H]2[C@@H](O)[C@H](O[C@@H]3[C@@H](O)[C@H](NC(=O)[C@H](CCNC(=O)OCc4ccccc4)OC(=O)c4ccccc4)C[C@H](C)[C@H]3O[C@H]3O[C@H](CC)[C@@H](O)[C@H](O)[C@H]3NC(=O)OCc3ccccc3)O[C@@H]2CC)[C@H](NC(=O)OCc2ccccc2)[C@@H](O)[C@@H]1O. The predicted octanol–water partition coefficient (Wildman–Crippen LogP) is 3.37. The Hall–Kier alpha value is -6.85. The van der Waals surface area contributed by atoms with Crippen LogP contribution in [0.4, 0.5) is 14.4 Å². The van der Waals surface area contributed by atoms with Crippen molar-refractivity contribution in [3.63, 3.8) is 0 Å². The van der Waals surface area contributed by atoms with Gasteiger partial charge in [0.15, 0.2) is 25.0 Å². The van der Waals surface area contributed by atoms with Gasteiger partial charge in [-0.25, -0.2) is 19.2 Å². The Morgan fingerprint density at radius 1 is 0.494 bits per heavy atom. The molecule has 0 radical (unpaired) electrons. The van der Waals surface area contributed by atoms with Crippen LogP contribution in [-0.4, -0.2) is 184 Å². The minimum absolute atomic E-state index is 0.0383. The first-order valence-corrected chi connectivity index (χ1v) is 29.4. The fraction of sp³-hybridized carbons (Fsp3) is 0.532. The molecular formula is C62H80N4O21. The molecule has 4 amide bonds. The maximum Gasteiger partial charge on any atom is 0.407 e. The minimum atomic E-state index is -1.77. The summed E-state index contributed by atoms with van der Waals surface area (Å²) in [5, 5.41) is 80.8. The molecule has 0 aromatic heterocycles. The lowest BCUT2D eigenvalue weighted by molar-refractivity contribution is -0.315. The highest BCUT2D eigenvalue weighted by Gasteiger charge is 2.56. The Morgan fingerprint density at radius 3 is 1.39 bits per heavy atom. The second kappa shape index (κ2) is 31.9. The van der Waals surface area contributed by atoms with Crippen molar-refractivity contribution in [2.45, 2.75) is 196 Å². The summed E-state index contributed by atoms with van der Waals surface area (Å²) in [4.78, 5) is 67.6. The number of nitrogens with one attached hydrogen (secondary N) is 4. The topological polar surface area (TPSA) is 347 Å². The fourth-order valence-corrected chi connectivity index (χ4v) is 11.0. The number of esters is 1. The molecule has 4 aromatic carbocycles. The number of ether oxygens (including phenoxy) is 10. The molecule has 10 N–H and O–H groups in total. The van der Waals surface area contributed by atoms with Crippen molar-refractivity contribution in [1.29, 1.82) is 0 Å². The Kier molecular flexibility index (Phi) is 24.2. The van der Waals surface area contributed by atoms with Crippen LogP contribution in [0.3, 0.4) is 0 Å². The quantitative estimate of drug-likeness (QED) is 0.0355. The zero-order valence-corrected chi connectivity index (χ0v) is 48.8. The van der Waals surface area contributed by atoms with Crippen molar-refractivity contribution in [3.05, 3.63) is 144 Å². The molecule has 474 valence electrons. The van der Waals surface area contributed by atoms with Gasteiger partial charge in [-0.05, 0) is 60.4 Å². The molecule has 0 unspecified atom stereocenters. The van der Waals surface area contributed by atoms with Crippen molar-refractivity contribution in [3.8, 4) is 0 Å².